The van der Waals surface area contributed by atoms with Crippen LogP contribution < -0.4 is 4.72 Å². The molecule has 0 radical (unpaired) electrons. The van der Waals surface area contributed by atoms with Crippen LogP contribution >= 0.6 is 0 Å². The number of carbonyl (C=O) groups is 2. The minimum Gasteiger partial charge on any atom is -0.452 e. The third kappa shape index (κ3) is 6.40. The standard InChI is InChI=1S/C17H26N2O6S/c1-5-19(6-2)16(20)12-25-17(21)14-7-9-15(10-8-14)26(22,23)18-13(3)11-24-4/h7-10,13,18H,5-6,11-12H2,1-4H3/t13-/m0/s1. The van der Waals surface area contributed by atoms with Gasteiger partial charge in [0.2, 0.25) is 10.0 Å². The van der Waals surface area contributed by atoms with E-state index < -0.39 is 16.0 Å². The fraction of sp³-hybridized carbons (Fsp3) is 0.529. The Morgan fingerprint density at radius 2 is 1.73 bits per heavy atom. The zero-order valence-electron chi connectivity index (χ0n) is 15.5. The third-order valence-corrected chi connectivity index (χ3v) is 5.22. The van der Waals surface area contributed by atoms with Crippen molar-refractivity contribution in [2.45, 2.75) is 31.7 Å². The summed E-state index contributed by atoms with van der Waals surface area (Å²) in [5.41, 5.74) is 0.168. The summed E-state index contributed by atoms with van der Waals surface area (Å²) in [5.74, 6) is -0.964. The first-order valence-corrected chi connectivity index (χ1v) is 9.79. The van der Waals surface area contributed by atoms with E-state index in [1.807, 2.05) is 13.8 Å². The van der Waals surface area contributed by atoms with Crippen LogP contribution in [0.1, 0.15) is 31.1 Å². The van der Waals surface area contributed by atoms with Crippen LogP contribution in [0.3, 0.4) is 0 Å². The molecular formula is C17H26N2O6S. The molecule has 0 fully saturated rings. The highest BCUT2D eigenvalue weighted by atomic mass is 32.2. The Morgan fingerprint density at radius 1 is 1.15 bits per heavy atom. The second-order valence-electron chi connectivity index (χ2n) is 5.64. The lowest BCUT2D eigenvalue weighted by molar-refractivity contribution is -0.134. The van der Waals surface area contributed by atoms with Crippen molar-refractivity contribution in [2.75, 3.05) is 33.4 Å². The van der Waals surface area contributed by atoms with Crippen LogP contribution in [0.2, 0.25) is 0 Å². The number of hydrogen-bond donors (Lipinski definition) is 1. The maximum atomic E-state index is 12.2. The van der Waals surface area contributed by atoms with Crippen molar-refractivity contribution in [1.29, 1.82) is 0 Å². The van der Waals surface area contributed by atoms with Gasteiger partial charge in [-0.1, -0.05) is 0 Å². The van der Waals surface area contributed by atoms with Crippen molar-refractivity contribution in [3.63, 3.8) is 0 Å². The molecular weight excluding hydrogens is 360 g/mol. The number of carbonyl (C=O) groups excluding carboxylic acids is 2. The molecule has 1 rings (SSSR count). The van der Waals surface area contributed by atoms with Gasteiger partial charge in [-0.3, -0.25) is 4.79 Å². The molecule has 1 N–H and O–H groups in total. The summed E-state index contributed by atoms with van der Waals surface area (Å²) >= 11 is 0. The van der Waals surface area contributed by atoms with Gasteiger partial charge in [0.1, 0.15) is 0 Å². The molecule has 0 aliphatic carbocycles. The van der Waals surface area contributed by atoms with E-state index in [-0.39, 0.29) is 35.6 Å². The fourth-order valence-corrected chi connectivity index (χ4v) is 3.49. The molecule has 146 valence electrons. The van der Waals surface area contributed by atoms with Gasteiger partial charge in [0.25, 0.3) is 5.91 Å². The molecule has 0 aliphatic heterocycles. The number of nitrogens with one attached hydrogen (secondary N) is 1. The second-order valence-corrected chi connectivity index (χ2v) is 7.36. The van der Waals surface area contributed by atoms with E-state index in [1.54, 1.807) is 11.8 Å². The average molecular weight is 386 g/mol. The van der Waals surface area contributed by atoms with E-state index in [1.165, 1.54) is 31.4 Å². The minimum absolute atomic E-state index is 0.0243. The number of benzene rings is 1. The molecule has 8 nitrogen and oxygen atoms in total. The number of methoxy groups -OCH3 is 1. The molecule has 9 heteroatoms. The molecule has 0 spiro atoms. The zero-order chi connectivity index (χ0) is 19.7. The Kier molecular flexibility index (Phi) is 8.70. The first-order chi connectivity index (χ1) is 12.2. The van der Waals surface area contributed by atoms with E-state index in [0.29, 0.717) is 13.1 Å². The number of rotatable bonds is 10. The summed E-state index contributed by atoms with van der Waals surface area (Å²) in [6.07, 6.45) is 0. The van der Waals surface area contributed by atoms with E-state index in [0.717, 1.165) is 0 Å². The van der Waals surface area contributed by atoms with Crippen LogP contribution in [-0.2, 0) is 24.3 Å². The van der Waals surface area contributed by atoms with Crippen LogP contribution in [0, 0.1) is 0 Å². The van der Waals surface area contributed by atoms with Crippen molar-refractivity contribution in [3.8, 4) is 0 Å². The number of hydrogen-bond acceptors (Lipinski definition) is 6. The quantitative estimate of drug-likeness (QED) is 0.603. The van der Waals surface area contributed by atoms with Gasteiger partial charge >= 0.3 is 5.97 Å². The van der Waals surface area contributed by atoms with Crippen molar-refractivity contribution in [1.82, 2.24) is 9.62 Å². The summed E-state index contributed by atoms with van der Waals surface area (Å²) in [4.78, 5) is 25.4. The normalized spacial score (nSPS) is 12.5. The van der Waals surface area contributed by atoms with Crippen molar-refractivity contribution in [2.24, 2.45) is 0 Å². The monoisotopic (exact) mass is 386 g/mol. The third-order valence-electron chi connectivity index (χ3n) is 3.62. The first kappa shape index (κ1) is 22.1. The zero-order valence-corrected chi connectivity index (χ0v) is 16.3. The lowest BCUT2D eigenvalue weighted by Crippen LogP contribution is -2.35. The van der Waals surface area contributed by atoms with E-state index in [2.05, 4.69) is 4.72 Å². The van der Waals surface area contributed by atoms with Crippen LogP contribution in [0.15, 0.2) is 29.2 Å². The largest absolute Gasteiger partial charge is 0.452 e. The Hall–Kier alpha value is -1.97. The molecule has 0 aromatic heterocycles. The molecule has 26 heavy (non-hydrogen) atoms. The SMILES string of the molecule is CCN(CC)C(=O)COC(=O)c1ccc(S(=O)(=O)N[C@@H](C)COC)cc1. The van der Waals surface area contributed by atoms with Crippen molar-refractivity contribution < 1.29 is 27.5 Å². The molecule has 0 bridgehead atoms. The Morgan fingerprint density at radius 3 is 2.23 bits per heavy atom. The Balaban J connectivity index is 2.71. The van der Waals surface area contributed by atoms with Gasteiger partial charge in [0.05, 0.1) is 17.1 Å². The van der Waals surface area contributed by atoms with Gasteiger partial charge in [0, 0.05) is 26.2 Å². The Labute approximate surface area is 154 Å². The minimum atomic E-state index is -3.71. The van der Waals surface area contributed by atoms with Crippen LogP contribution in [-0.4, -0.2) is 64.6 Å². The molecule has 0 aliphatic rings. The van der Waals surface area contributed by atoms with Gasteiger partial charge in [-0.25, -0.2) is 17.9 Å². The van der Waals surface area contributed by atoms with E-state index >= 15 is 0 Å². The number of esters is 1. The second kappa shape index (κ2) is 10.2. The molecule has 1 aromatic rings. The summed E-state index contributed by atoms with van der Waals surface area (Å²) < 4.78 is 36.8. The summed E-state index contributed by atoms with van der Waals surface area (Å²) in [6, 6.07) is 4.93. The molecule has 1 aromatic carbocycles. The molecule has 0 saturated carbocycles. The van der Waals surface area contributed by atoms with Gasteiger partial charge in [0.15, 0.2) is 6.61 Å². The highest BCUT2D eigenvalue weighted by Gasteiger charge is 2.19. The maximum Gasteiger partial charge on any atom is 0.338 e. The van der Waals surface area contributed by atoms with Gasteiger partial charge in [-0.2, -0.15) is 0 Å². The average Bonchev–Trinajstić information content (AvgIpc) is 2.60. The van der Waals surface area contributed by atoms with Crippen LogP contribution in [0.25, 0.3) is 0 Å². The number of likely N-dealkylation sites (N-methyl/N-ethyl adjacent to an activating group) is 1. The molecule has 0 saturated heterocycles. The molecule has 1 amide bonds. The lowest BCUT2D eigenvalue weighted by atomic mass is 10.2. The number of nitrogens with zero attached hydrogens (tertiary/aromatic N) is 1. The van der Waals surface area contributed by atoms with Gasteiger partial charge in [-0.15, -0.1) is 0 Å². The topological polar surface area (TPSA) is 102 Å². The lowest BCUT2D eigenvalue weighted by Gasteiger charge is -2.18. The highest BCUT2D eigenvalue weighted by Crippen LogP contribution is 2.12. The smallest absolute Gasteiger partial charge is 0.338 e. The fourth-order valence-electron chi connectivity index (χ4n) is 2.27. The van der Waals surface area contributed by atoms with Crippen LogP contribution in [0.4, 0.5) is 0 Å². The van der Waals surface area contributed by atoms with Crippen molar-refractivity contribution >= 4 is 21.9 Å². The maximum absolute atomic E-state index is 12.2. The number of ether oxygens (including phenoxy) is 2. The summed E-state index contributed by atoms with van der Waals surface area (Å²) in [7, 11) is -2.23. The summed E-state index contributed by atoms with van der Waals surface area (Å²) in [5, 5.41) is 0. The molecule has 0 heterocycles. The first-order valence-electron chi connectivity index (χ1n) is 8.31. The molecule has 0 unspecified atom stereocenters. The Bertz CT molecular complexity index is 698. The summed E-state index contributed by atoms with van der Waals surface area (Å²) in [6.45, 7) is 6.32. The number of amides is 1. The predicted molar refractivity (Wildman–Crippen MR) is 96.3 cm³/mol. The van der Waals surface area contributed by atoms with Crippen LogP contribution in [0.5, 0.6) is 0 Å². The number of sulfonamides is 1. The predicted octanol–water partition coefficient (Wildman–Crippen LogP) is 1.03. The van der Waals surface area contributed by atoms with Gasteiger partial charge < -0.3 is 14.4 Å². The van der Waals surface area contributed by atoms with Gasteiger partial charge in [-0.05, 0) is 45.0 Å². The van der Waals surface area contributed by atoms with E-state index in [4.69, 9.17) is 9.47 Å². The molecule has 1 atom stereocenters. The highest BCUT2D eigenvalue weighted by molar-refractivity contribution is 7.89. The van der Waals surface area contributed by atoms with Crippen molar-refractivity contribution in [3.05, 3.63) is 29.8 Å². The van der Waals surface area contributed by atoms with E-state index in [9.17, 15) is 18.0 Å².